The summed E-state index contributed by atoms with van der Waals surface area (Å²) in [7, 11) is 0. The molecule has 0 spiro atoms. The van der Waals surface area contributed by atoms with Gasteiger partial charge < -0.3 is 0 Å². The highest BCUT2D eigenvalue weighted by Gasteiger charge is 2.10. The zero-order valence-corrected chi connectivity index (χ0v) is 10.5. The number of carbonyl (C=O) groups is 2. The summed E-state index contributed by atoms with van der Waals surface area (Å²) in [5.74, 6) is -1.05. The smallest absolute Gasteiger partial charge is 0.252 e. The summed E-state index contributed by atoms with van der Waals surface area (Å²) in [5, 5.41) is 2.55. The molecule has 2 amide bonds. The Morgan fingerprint density at radius 3 is 2.35 bits per heavy atom. The number of benzene rings is 1. The van der Waals surface area contributed by atoms with Crippen molar-refractivity contribution in [3.63, 3.8) is 0 Å². The molecule has 1 aromatic carbocycles. The molecule has 0 aliphatic heterocycles. The number of nitrogens with one attached hydrogen (secondary N) is 1. The largest absolute Gasteiger partial charge is 0.293 e. The molecule has 0 aromatic heterocycles. The Bertz CT molecular complexity index is 438. The van der Waals surface area contributed by atoms with Gasteiger partial charge in [0.05, 0.1) is 5.03 Å². The number of hydrogen-bond acceptors (Lipinski definition) is 2. The van der Waals surface area contributed by atoms with Gasteiger partial charge in [-0.1, -0.05) is 55.8 Å². The van der Waals surface area contributed by atoms with Crippen LogP contribution in [-0.2, 0) is 9.59 Å². The van der Waals surface area contributed by atoms with E-state index in [1.54, 1.807) is 26.0 Å². The van der Waals surface area contributed by atoms with Crippen LogP contribution < -0.4 is 5.32 Å². The fraction of sp³-hybridized carbons (Fsp3) is 0.231. The molecule has 0 saturated carbocycles. The average molecular weight is 252 g/mol. The lowest BCUT2D eigenvalue weighted by Gasteiger charge is -2.04. The average Bonchev–Trinajstić information content (AvgIpc) is 2.29. The minimum Gasteiger partial charge on any atom is -0.293 e. The lowest BCUT2D eigenvalue weighted by Crippen LogP contribution is -2.32. The maximum atomic E-state index is 11.4. The Hall–Kier alpha value is -1.61. The maximum Gasteiger partial charge on any atom is 0.252 e. The van der Waals surface area contributed by atoms with E-state index in [-0.39, 0.29) is 11.8 Å². The van der Waals surface area contributed by atoms with Crippen molar-refractivity contribution < 1.29 is 9.59 Å². The van der Waals surface area contributed by atoms with Crippen molar-refractivity contribution in [1.29, 1.82) is 0 Å². The van der Waals surface area contributed by atoms with E-state index < -0.39 is 5.91 Å². The van der Waals surface area contributed by atoms with E-state index in [9.17, 15) is 9.59 Å². The highest BCUT2D eigenvalue weighted by molar-refractivity contribution is 6.50. The lowest BCUT2D eigenvalue weighted by atomic mass is 10.2. The Labute approximate surface area is 105 Å². The summed E-state index contributed by atoms with van der Waals surface area (Å²) in [4.78, 5) is 22.7. The molecule has 1 aromatic rings. The standard InChI is InChI=1S/C13H14ClNO2/c1-9(2)13(17)15-12(16)8-11(14)10-6-4-3-5-7-10/h3-9H,1-2H3,(H,15,16,17)/b11-8-. The first-order valence-corrected chi connectivity index (χ1v) is 5.66. The number of carbonyl (C=O) groups excluding carboxylic acids is 2. The molecule has 0 saturated heterocycles. The van der Waals surface area contributed by atoms with E-state index in [1.807, 2.05) is 18.2 Å². The first-order valence-electron chi connectivity index (χ1n) is 5.28. The molecule has 3 nitrogen and oxygen atoms in total. The van der Waals surface area contributed by atoms with Crippen LogP contribution in [0.4, 0.5) is 0 Å². The highest BCUT2D eigenvalue weighted by atomic mass is 35.5. The Morgan fingerprint density at radius 1 is 1.24 bits per heavy atom. The van der Waals surface area contributed by atoms with Crippen LogP contribution in [0.3, 0.4) is 0 Å². The van der Waals surface area contributed by atoms with E-state index in [2.05, 4.69) is 5.32 Å². The summed E-state index contributed by atoms with van der Waals surface area (Å²) in [6.07, 6.45) is 1.21. The van der Waals surface area contributed by atoms with E-state index in [0.717, 1.165) is 5.56 Å². The van der Waals surface area contributed by atoms with Crippen molar-refractivity contribution in [2.45, 2.75) is 13.8 Å². The molecule has 0 unspecified atom stereocenters. The van der Waals surface area contributed by atoms with Crippen molar-refractivity contribution >= 4 is 28.4 Å². The molecule has 0 atom stereocenters. The van der Waals surface area contributed by atoms with Crippen LogP contribution in [0.25, 0.3) is 5.03 Å². The SMILES string of the molecule is CC(C)C(=O)NC(=O)/C=C(\Cl)c1ccccc1. The molecule has 1 rings (SSSR count). The van der Waals surface area contributed by atoms with Gasteiger partial charge in [0.25, 0.3) is 5.91 Å². The Morgan fingerprint density at radius 2 is 1.82 bits per heavy atom. The van der Waals surface area contributed by atoms with Crippen molar-refractivity contribution in [3.8, 4) is 0 Å². The zero-order chi connectivity index (χ0) is 12.8. The topological polar surface area (TPSA) is 46.2 Å². The molecule has 0 aliphatic rings. The maximum absolute atomic E-state index is 11.4. The predicted molar refractivity (Wildman–Crippen MR) is 68.3 cm³/mol. The van der Waals surface area contributed by atoms with Crippen molar-refractivity contribution in [2.24, 2.45) is 5.92 Å². The molecule has 0 radical (unpaired) electrons. The molecule has 4 heteroatoms. The van der Waals surface area contributed by atoms with Crippen LogP contribution in [-0.4, -0.2) is 11.8 Å². The molecular weight excluding hydrogens is 238 g/mol. The number of rotatable bonds is 3. The van der Waals surface area contributed by atoms with Gasteiger partial charge in [0.2, 0.25) is 5.91 Å². The lowest BCUT2D eigenvalue weighted by molar-refractivity contribution is -0.130. The summed E-state index contributed by atoms with van der Waals surface area (Å²) >= 11 is 5.95. The van der Waals surface area contributed by atoms with Crippen LogP contribution in [0.15, 0.2) is 36.4 Å². The van der Waals surface area contributed by atoms with Crippen molar-refractivity contribution in [1.82, 2.24) is 5.32 Å². The number of halogens is 1. The van der Waals surface area contributed by atoms with Gasteiger partial charge in [0.15, 0.2) is 0 Å². The number of amides is 2. The molecule has 0 heterocycles. The quantitative estimate of drug-likeness (QED) is 0.840. The minimum atomic E-state index is -0.502. The molecule has 0 bridgehead atoms. The second-order valence-corrected chi connectivity index (χ2v) is 4.27. The third-order valence-corrected chi connectivity index (χ3v) is 2.41. The summed E-state index contributed by atoms with van der Waals surface area (Å²) in [5.41, 5.74) is 0.737. The third-order valence-electron chi connectivity index (χ3n) is 2.08. The predicted octanol–water partition coefficient (Wildman–Crippen LogP) is 2.57. The molecule has 0 fully saturated rings. The van der Waals surface area contributed by atoms with E-state index in [4.69, 9.17) is 11.6 Å². The van der Waals surface area contributed by atoms with Crippen LogP contribution >= 0.6 is 11.6 Å². The molecule has 17 heavy (non-hydrogen) atoms. The van der Waals surface area contributed by atoms with Gasteiger partial charge in [0.1, 0.15) is 0 Å². The Kier molecular flexibility index (Phi) is 4.91. The van der Waals surface area contributed by atoms with E-state index in [1.165, 1.54) is 6.08 Å². The van der Waals surface area contributed by atoms with Gasteiger partial charge in [-0.15, -0.1) is 0 Å². The van der Waals surface area contributed by atoms with E-state index in [0.29, 0.717) is 5.03 Å². The fourth-order valence-electron chi connectivity index (χ4n) is 1.10. The zero-order valence-electron chi connectivity index (χ0n) is 9.74. The summed E-state index contributed by atoms with van der Waals surface area (Å²) in [6.45, 7) is 3.43. The first-order chi connectivity index (χ1) is 8.00. The van der Waals surface area contributed by atoms with Gasteiger partial charge >= 0.3 is 0 Å². The van der Waals surface area contributed by atoms with Gasteiger partial charge in [-0.25, -0.2) is 0 Å². The Balaban J connectivity index is 2.70. The fourth-order valence-corrected chi connectivity index (χ4v) is 1.32. The highest BCUT2D eigenvalue weighted by Crippen LogP contribution is 2.17. The summed E-state index contributed by atoms with van der Waals surface area (Å²) < 4.78 is 0. The molecule has 1 N–H and O–H groups in total. The van der Waals surface area contributed by atoms with Crippen LogP contribution in [0.2, 0.25) is 0 Å². The second kappa shape index (κ2) is 6.21. The van der Waals surface area contributed by atoms with Crippen molar-refractivity contribution in [2.75, 3.05) is 0 Å². The van der Waals surface area contributed by atoms with Gasteiger partial charge in [-0.05, 0) is 5.56 Å². The minimum absolute atomic E-state index is 0.233. The van der Waals surface area contributed by atoms with Crippen LogP contribution in [0.1, 0.15) is 19.4 Å². The third kappa shape index (κ3) is 4.41. The van der Waals surface area contributed by atoms with Gasteiger partial charge in [0, 0.05) is 12.0 Å². The number of hydrogen-bond donors (Lipinski definition) is 1. The molecular formula is C13H14ClNO2. The second-order valence-electron chi connectivity index (χ2n) is 3.87. The summed E-state index contributed by atoms with van der Waals surface area (Å²) in [6, 6.07) is 9.08. The van der Waals surface area contributed by atoms with Crippen LogP contribution in [0.5, 0.6) is 0 Å². The normalized spacial score (nSPS) is 11.4. The van der Waals surface area contributed by atoms with Gasteiger partial charge in [-0.3, -0.25) is 14.9 Å². The molecule has 0 aliphatic carbocycles. The number of imide groups is 1. The van der Waals surface area contributed by atoms with Gasteiger partial charge in [-0.2, -0.15) is 0 Å². The monoisotopic (exact) mass is 251 g/mol. The molecule has 90 valence electrons. The first kappa shape index (κ1) is 13.5. The van der Waals surface area contributed by atoms with Crippen LogP contribution in [0, 0.1) is 5.92 Å². The van der Waals surface area contributed by atoms with Crippen molar-refractivity contribution in [3.05, 3.63) is 42.0 Å². The van der Waals surface area contributed by atoms with E-state index >= 15 is 0 Å².